The number of para-hydroxylation sites is 3. The smallest absolute Gasteiger partial charge is 0.187 e. The van der Waals surface area contributed by atoms with Gasteiger partial charge >= 0.3 is 0 Å². The van der Waals surface area contributed by atoms with Crippen LogP contribution in [0.4, 0.5) is 0 Å². The normalized spacial score (nSPS) is 13.1. The second-order valence-electron chi connectivity index (χ2n) is 14.9. The van der Waals surface area contributed by atoms with Crippen LogP contribution in [0.3, 0.4) is 0 Å². The van der Waals surface area contributed by atoms with Crippen molar-refractivity contribution in [3.63, 3.8) is 0 Å². The van der Waals surface area contributed by atoms with Crippen LogP contribution in [-0.4, -0.2) is 27.2 Å². The van der Waals surface area contributed by atoms with Crippen LogP contribution < -0.4 is 20.7 Å². The van der Waals surface area contributed by atoms with E-state index in [0.717, 1.165) is 39.6 Å². The minimum absolute atomic E-state index is 0.720. The van der Waals surface area contributed by atoms with Gasteiger partial charge in [-0.3, -0.25) is 4.57 Å². The molecule has 3 aromatic heterocycles. The average Bonchev–Trinajstić information content (AvgIpc) is 3.92. The molecule has 0 fully saturated rings. The van der Waals surface area contributed by atoms with Crippen molar-refractivity contribution < 1.29 is 0 Å². The van der Waals surface area contributed by atoms with Crippen LogP contribution >= 0.6 is 0 Å². The van der Waals surface area contributed by atoms with Gasteiger partial charge in [0.05, 0.1) is 27.8 Å². The largest absolute Gasteiger partial charge is 0.309 e. The molecule has 0 unspecified atom stereocenters. The minimum Gasteiger partial charge on any atom is -0.309 e. The maximum atomic E-state index is 5.76. The Balaban J connectivity index is 1.29. The highest BCUT2D eigenvalue weighted by molar-refractivity contribution is 7.22. The Hall–Kier alpha value is -7.34. The number of benzene rings is 8. The molecule has 0 atom stereocenters. The molecule has 266 valence electrons. The molecule has 0 N–H and O–H groups in total. The zero-order valence-corrected chi connectivity index (χ0v) is 31.9. The van der Waals surface area contributed by atoms with Gasteiger partial charge in [0.2, 0.25) is 0 Å². The Kier molecular flexibility index (Phi) is 6.91. The van der Waals surface area contributed by atoms with E-state index in [1.54, 1.807) is 0 Å². The van der Waals surface area contributed by atoms with Crippen molar-refractivity contribution in [3.05, 3.63) is 206 Å². The predicted octanol–water partition coefficient (Wildman–Crippen LogP) is 9.70. The molecule has 0 radical (unpaired) electrons. The van der Waals surface area contributed by atoms with E-state index in [-0.39, 0.29) is 0 Å². The van der Waals surface area contributed by atoms with E-state index in [1.165, 1.54) is 58.9 Å². The molecule has 5 heteroatoms. The average molecular weight is 743 g/mol. The molecule has 11 aromatic rings. The molecule has 4 nitrogen and oxygen atoms in total. The minimum atomic E-state index is -3.01. The van der Waals surface area contributed by atoms with Crippen LogP contribution in [0.25, 0.3) is 77.8 Å². The maximum absolute atomic E-state index is 5.76. The highest BCUT2D eigenvalue weighted by Crippen LogP contribution is 2.43. The van der Waals surface area contributed by atoms with Gasteiger partial charge < -0.3 is 4.57 Å². The Morgan fingerprint density at radius 2 is 0.877 bits per heavy atom. The van der Waals surface area contributed by atoms with Crippen molar-refractivity contribution >= 4 is 72.4 Å². The van der Waals surface area contributed by atoms with Gasteiger partial charge in [-0.05, 0) is 52.0 Å². The summed E-state index contributed by atoms with van der Waals surface area (Å²) in [5, 5.41) is 10.1. The summed E-state index contributed by atoms with van der Waals surface area (Å²) in [6, 6.07) is 74.8. The van der Waals surface area contributed by atoms with Gasteiger partial charge in [0.25, 0.3) is 0 Å². The van der Waals surface area contributed by atoms with E-state index in [0.29, 0.717) is 0 Å². The monoisotopic (exact) mass is 742 g/mol. The van der Waals surface area contributed by atoms with Crippen molar-refractivity contribution in [3.8, 4) is 34.2 Å². The lowest BCUT2D eigenvalue weighted by Gasteiger charge is -2.32. The second-order valence-corrected chi connectivity index (χ2v) is 18.6. The van der Waals surface area contributed by atoms with Crippen molar-refractivity contribution in [2.45, 2.75) is 0 Å². The van der Waals surface area contributed by atoms with E-state index in [4.69, 9.17) is 9.97 Å². The molecule has 0 saturated carbocycles. The van der Waals surface area contributed by atoms with Gasteiger partial charge in [0, 0.05) is 43.5 Å². The van der Waals surface area contributed by atoms with Crippen molar-refractivity contribution in [1.82, 2.24) is 19.1 Å². The lowest BCUT2D eigenvalue weighted by Crippen LogP contribution is -2.73. The Morgan fingerprint density at radius 1 is 0.386 bits per heavy atom. The van der Waals surface area contributed by atoms with Gasteiger partial charge in [-0.25, -0.2) is 9.97 Å². The molecule has 0 amide bonds. The van der Waals surface area contributed by atoms with E-state index < -0.39 is 8.07 Å². The number of rotatable bonds is 5. The predicted molar refractivity (Wildman–Crippen MR) is 239 cm³/mol. The lowest BCUT2D eigenvalue weighted by molar-refractivity contribution is 1.06. The van der Waals surface area contributed by atoms with Crippen LogP contribution in [0.2, 0.25) is 0 Å². The third-order valence-electron chi connectivity index (χ3n) is 12.0. The van der Waals surface area contributed by atoms with Gasteiger partial charge in [-0.1, -0.05) is 170 Å². The van der Waals surface area contributed by atoms with Crippen molar-refractivity contribution in [2.24, 2.45) is 0 Å². The van der Waals surface area contributed by atoms with Crippen LogP contribution in [-0.2, 0) is 0 Å². The third kappa shape index (κ3) is 4.43. The molecule has 0 spiro atoms. The zero-order chi connectivity index (χ0) is 37.5. The van der Waals surface area contributed by atoms with Crippen molar-refractivity contribution in [1.29, 1.82) is 0 Å². The first kappa shape index (κ1) is 32.0. The summed E-state index contributed by atoms with van der Waals surface area (Å²) in [6.07, 6.45) is 0. The topological polar surface area (TPSA) is 35.6 Å². The van der Waals surface area contributed by atoms with Crippen molar-refractivity contribution in [2.75, 3.05) is 0 Å². The van der Waals surface area contributed by atoms with Crippen LogP contribution in [0, 0.1) is 0 Å². The summed E-state index contributed by atoms with van der Waals surface area (Å²) < 4.78 is 4.87. The number of hydrogen-bond donors (Lipinski definition) is 0. The van der Waals surface area contributed by atoms with Gasteiger partial charge in [0.15, 0.2) is 13.9 Å². The zero-order valence-electron chi connectivity index (χ0n) is 30.9. The Bertz CT molecular complexity index is 3290. The van der Waals surface area contributed by atoms with Crippen LogP contribution in [0.15, 0.2) is 206 Å². The molecule has 12 rings (SSSR count). The quantitative estimate of drug-likeness (QED) is 0.165. The van der Waals surface area contributed by atoms with Crippen LogP contribution in [0.1, 0.15) is 0 Å². The molecular weight excluding hydrogens is 709 g/mol. The fourth-order valence-corrected chi connectivity index (χ4v) is 15.0. The molecule has 4 heterocycles. The van der Waals surface area contributed by atoms with E-state index in [1.807, 2.05) is 0 Å². The van der Waals surface area contributed by atoms with Crippen LogP contribution in [0.5, 0.6) is 0 Å². The molecule has 0 aliphatic carbocycles. The van der Waals surface area contributed by atoms with E-state index in [2.05, 4.69) is 215 Å². The maximum Gasteiger partial charge on any atom is 0.187 e. The highest BCUT2D eigenvalue weighted by atomic mass is 28.3. The van der Waals surface area contributed by atoms with Gasteiger partial charge in [-0.2, -0.15) is 0 Å². The summed E-state index contributed by atoms with van der Waals surface area (Å²) in [5.41, 5.74) is 8.95. The molecule has 0 saturated heterocycles. The summed E-state index contributed by atoms with van der Waals surface area (Å²) >= 11 is 0. The first-order chi connectivity index (χ1) is 28.3. The standard InChI is InChI=1S/C52H34N4Si/c1-5-19-35(20-6-1)51-53-49-41-29-15-18-32-46(41)57(37-23-9-3-10-24-37,38-25-11-4-12-26-38)50(49)52(54-51)56-43-31-17-14-28-40(43)48-45(56)34-33-44-47(48)39-27-13-16-30-42(39)55(44)36-21-7-2-8-22-36/h1-34H. The number of aromatic nitrogens is 4. The number of hydrogen-bond acceptors (Lipinski definition) is 2. The lowest BCUT2D eigenvalue weighted by atomic mass is 10.1. The number of nitrogens with zero attached hydrogens (tertiary/aromatic N) is 4. The summed E-state index contributed by atoms with van der Waals surface area (Å²) in [6.45, 7) is 0. The third-order valence-corrected chi connectivity index (χ3v) is 16.8. The van der Waals surface area contributed by atoms with Gasteiger partial charge in [0.1, 0.15) is 5.82 Å². The second kappa shape index (κ2) is 12.3. The fraction of sp³-hybridized carbons (Fsp3) is 0. The molecule has 0 bridgehead atoms. The molecule has 8 aromatic carbocycles. The summed E-state index contributed by atoms with van der Waals surface area (Å²) in [5.74, 6) is 1.66. The SMILES string of the molecule is c1ccc(-c2nc3c(c(-n4c5ccccc5c5c6c7ccccc7n(-c7ccccc7)c6ccc54)n2)[Si](c2ccccc2)(c2ccccc2)c2ccccc2-3)cc1. The first-order valence-corrected chi connectivity index (χ1v) is 21.5. The fourth-order valence-electron chi connectivity index (χ4n) is 9.76. The summed E-state index contributed by atoms with van der Waals surface area (Å²) in [7, 11) is -3.01. The highest BCUT2D eigenvalue weighted by Gasteiger charge is 2.52. The molecular formula is C52H34N4Si. The molecule has 1 aliphatic heterocycles. The Labute approximate surface area is 330 Å². The Morgan fingerprint density at radius 3 is 1.51 bits per heavy atom. The number of fused-ring (bicyclic) bond motifs is 10. The van der Waals surface area contributed by atoms with E-state index >= 15 is 0 Å². The first-order valence-electron chi connectivity index (χ1n) is 19.5. The molecule has 57 heavy (non-hydrogen) atoms. The summed E-state index contributed by atoms with van der Waals surface area (Å²) in [4.78, 5) is 11.3. The molecule has 1 aliphatic rings. The van der Waals surface area contributed by atoms with E-state index in [9.17, 15) is 0 Å². The van der Waals surface area contributed by atoms with Gasteiger partial charge in [-0.15, -0.1) is 0 Å².